The first kappa shape index (κ1) is 15.2. The number of hydrogen-bond acceptors (Lipinski definition) is 3. The largest absolute Gasteiger partial charge is 0.474 e. The van der Waals surface area contributed by atoms with E-state index in [1.54, 1.807) is 6.20 Å². The highest BCUT2D eigenvalue weighted by molar-refractivity contribution is 5.95. The Morgan fingerprint density at radius 3 is 2.58 bits per heavy atom. The number of piperidine rings is 1. The molecule has 0 spiro atoms. The Kier molecular flexibility index (Phi) is 3.97. The minimum absolute atomic E-state index is 0.152. The molecule has 0 aliphatic carbocycles. The molecule has 4 heteroatoms. The number of fused-ring (bicyclic) bond motifs is 2. The number of aromatic nitrogens is 1. The summed E-state index contributed by atoms with van der Waals surface area (Å²) in [5.74, 6) is 0.850. The van der Waals surface area contributed by atoms with Crippen molar-refractivity contribution >= 4 is 5.91 Å². The Balaban J connectivity index is 1.48. The third-order valence-corrected chi connectivity index (χ3v) is 5.11. The van der Waals surface area contributed by atoms with E-state index in [-0.39, 0.29) is 24.1 Å². The van der Waals surface area contributed by atoms with Crippen LogP contribution in [0.25, 0.3) is 0 Å². The van der Waals surface area contributed by atoms with E-state index < -0.39 is 0 Å². The maximum Gasteiger partial charge on any atom is 0.254 e. The minimum Gasteiger partial charge on any atom is -0.474 e. The fourth-order valence-corrected chi connectivity index (χ4v) is 4.07. The molecule has 2 aliphatic heterocycles. The van der Waals surface area contributed by atoms with Gasteiger partial charge in [0.1, 0.15) is 6.10 Å². The Hall–Kier alpha value is -2.36. The summed E-state index contributed by atoms with van der Waals surface area (Å²) in [6.45, 7) is 2.03. The van der Waals surface area contributed by atoms with Gasteiger partial charge < -0.3 is 9.64 Å². The van der Waals surface area contributed by atoms with Crippen molar-refractivity contribution < 1.29 is 9.53 Å². The van der Waals surface area contributed by atoms with Gasteiger partial charge in [0.25, 0.3) is 5.91 Å². The topological polar surface area (TPSA) is 42.4 Å². The van der Waals surface area contributed by atoms with Gasteiger partial charge in [-0.3, -0.25) is 4.79 Å². The first-order valence-electron chi connectivity index (χ1n) is 8.68. The molecule has 0 radical (unpaired) electrons. The van der Waals surface area contributed by atoms with E-state index >= 15 is 0 Å². The number of pyridine rings is 1. The number of amides is 1. The fourth-order valence-electron chi connectivity index (χ4n) is 4.07. The van der Waals surface area contributed by atoms with Crippen LogP contribution in [0.3, 0.4) is 0 Å². The van der Waals surface area contributed by atoms with E-state index in [1.807, 2.05) is 49.4 Å². The average Bonchev–Trinajstić information content (AvgIpc) is 2.86. The van der Waals surface area contributed by atoms with Crippen LogP contribution in [0.1, 0.15) is 41.6 Å². The van der Waals surface area contributed by atoms with Crippen LogP contribution in [0.4, 0.5) is 0 Å². The predicted molar refractivity (Wildman–Crippen MR) is 92.0 cm³/mol. The van der Waals surface area contributed by atoms with Crippen LogP contribution >= 0.6 is 0 Å². The van der Waals surface area contributed by atoms with Gasteiger partial charge in [-0.15, -0.1) is 0 Å². The molecular weight excluding hydrogens is 300 g/mol. The van der Waals surface area contributed by atoms with Crippen LogP contribution < -0.4 is 4.74 Å². The first-order chi connectivity index (χ1) is 11.7. The molecule has 1 aromatic carbocycles. The lowest BCUT2D eigenvalue weighted by Gasteiger charge is -2.38. The summed E-state index contributed by atoms with van der Waals surface area (Å²) < 4.78 is 6.04. The van der Waals surface area contributed by atoms with Crippen LogP contribution in [0, 0.1) is 6.92 Å². The summed E-state index contributed by atoms with van der Waals surface area (Å²) in [5.41, 5.74) is 1.93. The Bertz CT molecular complexity index is 717. The maximum absolute atomic E-state index is 13.0. The number of benzene rings is 1. The molecule has 1 aromatic heterocycles. The van der Waals surface area contributed by atoms with Crippen molar-refractivity contribution in [2.75, 3.05) is 0 Å². The molecule has 4 rings (SSSR count). The van der Waals surface area contributed by atoms with Crippen molar-refractivity contribution in [3.05, 3.63) is 59.8 Å². The molecule has 2 unspecified atom stereocenters. The molecule has 2 aliphatic rings. The van der Waals surface area contributed by atoms with E-state index in [4.69, 9.17) is 4.74 Å². The summed E-state index contributed by atoms with van der Waals surface area (Å²) in [5, 5.41) is 0. The molecule has 2 atom stereocenters. The zero-order valence-electron chi connectivity index (χ0n) is 13.9. The third-order valence-electron chi connectivity index (χ3n) is 5.11. The summed E-state index contributed by atoms with van der Waals surface area (Å²) in [6, 6.07) is 14.2. The lowest BCUT2D eigenvalue weighted by molar-refractivity contribution is 0.0348. The number of carbonyl (C=O) groups is 1. The van der Waals surface area contributed by atoms with E-state index in [2.05, 4.69) is 9.88 Å². The van der Waals surface area contributed by atoms with Gasteiger partial charge in [0, 0.05) is 42.8 Å². The fraction of sp³-hybridized carbons (Fsp3) is 0.400. The lowest BCUT2D eigenvalue weighted by atomic mass is 9.98. The smallest absolute Gasteiger partial charge is 0.254 e. The molecule has 24 heavy (non-hydrogen) atoms. The Morgan fingerprint density at radius 2 is 1.92 bits per heavy atom. The summed E-state index contributed by atoms with van der Waals surface area (Å²) in [6.07, 6.45) is 5.84. The van der Waals surface area contributed by atoms with Crippen molar-refractivity contribution in [3.63, 3.8) is 0 Å². The zero-order chi connectivity index (χ0) is 16.5. The quantitative estimate of drug-likeness (QED) is 0.867. The number of nitrogens with zero attached hydrogens (tertiary/aromatic N) is 2. The molecule has 2 bridgehead atoms. The molecule has 2 aromatic rings. The molecule has 124 valence electrons. The normalized spacial score (nSPS) is 25.5. The van der Waals surface area contributed by atoms with Crippen molar-refractivity contribution in [3.8, 4) is 5.88 Å². The molecule has 2 saturated heterocycles. The summed E-state index contributed by atoms with van der Waals surface area (Å²) in [7, 11) is 0. The monoisotopic (exact) mass is 322 g/mol. The van der Waals surface area contributed by atoms with E-state index in [0.717, 1.165) is 36.8 Å². The predicted octanol–water partition coefficient (Wildman–Crippen LogP) is 3.60. The summed E-state index contributed by atoms with van der Waals surface area (Å²) in [4.78, 5) is 19.3. The highest BCUT2D eigenvalue weighted by Crippen LogP contribution is 2.38. The van der Waals surface area contributed by atoms with Crippen LogP contribution in [-0.4, -0.2) is 34.0 Å². The Labute approximate surface area is 142 Å². The number of rotatable bonds is 3. The van der Waals surface area contributed by atoms with E-state index in [1.165, 1.54) is 0 Å². The van der Waals surface area contributed by atoms with Gasteiger partial charge in [0.2, 0.25) is 5.88 Å². The van der Waals surface area contributed by atoms with Crippen LogP contribution in [0.2, 0.25) is 0 Å². The summed E-state index contributed by atoms with van der Waals surface area (Å²) >= 11 is 0. The molecule has 2 fully saturated rings. The lowest BCUT2D eigenvalue weighted by Crippen LogP contribution is -2.49. The van der Waals surface area contributed by atoms with E-state index in [0.29, 0.717) is 5.88 Å². The first-order valence-corrected chi connectivity index (χ1v) is 8.68. The van der Waals surface area contributed by atoms with Gasteiger partial charge in [-0.25, -0.2) is 4.98 Å². The van der Waals surface area contributed by atoms with Gasteiger partial charge >= 0.3 is 0 Å². The molecule has 0 saturated carbocycles. The molecule has 1 amide bonds. The highest BCUT2D eigenvalue weighted by Gasteiger charge is 2.44. The third kappa shape index (κ3) is 2.88. The van der Waals surface area contributed by atoms with Crippen molar-refractivity contribution in [2.24, 2.45) is 0 Å². The van der Waals surface area contributed by atoms with Crippen LogP contribution in [0.5, 0.6) is 5.88 Å². The van der Waals surface area contributed by atoms with Gasteiger partial charge in [0.05, 0.1) is 0 Å². The molecule has 3 heterocycles. The van der Waals surface area contributed by atoms with Gasteiger partial charge in [-0.05, 0) is 38.0 Å². The molecular formula is C20H22N2O2. The SMILES string of the molecule is Cc1cccc(C(=O)N2C3CCC2CC(Oc2ccccn2)C3)c1. The van der Waals surface area contributed by atoms with Crippen molar-refractivity contribution in [1.29, 1.82) is 0 Å². The number of aryl methyl sites for hydroxylation is 1. The van der Waals surface area contributed by atoms with Crippen molar-refractivity contribution in [2.45, 2.75) is 50.8 Å². The van der Waals surface area contributed by atoms with Gasteiger partial charge in [-0.2, -0.15) is 0 Å². The zero-order valence-corrected chi connectivity index (χ0v) is 13.9. The Morgan fingerprint density at radius 1 is 1.12 bits per heavy atom. The number of ether oxygens (including phenoxy) is 1. The second kappa shape index (κ2) is 6.27. The second-order valence-corrected chi connectivity index (χ2v) is 6.85. The second-order valence-electron chi connectivity index (χ2n) is 6.85. The van der Waals surface area contributed by atoms with Crippen LogP contribution in [-0.2, 0) is 0 Å². The average molecular weight is 322 g/mol. The highest BCUT2D eigenvalue weighted by atomic mass is 16.5. The van der Waals surface area contributed by atoms with Crippen LogP contribution in [0.15, 0.2) is 48.7 Å². The molecule has 0 N–H and O–H groups in total. The standard InChI is InChI=1S/C20H22N2O2/c1-14-5-4-6-15(11-14)20(23)22-16-8-9-17(22)13-18(12-16)24-19-7-2-3-10-21-19/h2-7,10-11,16-18H,8-9,12-13H2,1H3. The number of hydrogen-bond donors (Lipinski definition) is 0. The van der Waals surface area contributed by atoms with Crippen molar-refractivity contribution in [1.82, 2.24) is 9.88 Å². The van der Waals surface area contributed by atoms with Gasteiger partial charge in [-0.1, -0.05) is 23.8 Å². The number of carbonyl (C=O) groups excluding carboxylic acids is 1. The van der Waals surface area contributed by atoms with E-state index in [9.17, 15) is 4.79 Å². The van der Waals surface area contributed by atoms with Gasteiger partial charge in [0.15, 0.2) is 0 Å². The molecule has 4 nitrogen and oxygen atoms in total. The maximum atomic E-state index is 13.0. The minimum atomic E-state index is 0.152.